The molecule has 3 atom stereocenters. The molecular weight excluding hydrogens is 1140 g/mol. The van der Waals surface area contributed by atoms with Crippen LogP contribution in [0.2, 0.25) is 0 Å². The Balaban J connectivity index is 4.09. The van der Waals surface area contributed by atoms with Gasteiger partial charge < -0.3 is 28.8 Å². The number of quaternary nitrogens is 1. The van der Waals surface area contributed by atoms with E-state index < -0.39 is 20.0 Å². The third-order valence-electron chi connectivity index (χ3n) is 16.6. The van der Waals surface area contributed by atoms with Crippen molar-refractivity contribution in [2.45, 2.75) is 341 Å². The van der Waals surface area contributed by atoms with Crippen LogP contribution < -0.4 is 10.2 Å². The lowest BCUT2D eigenvalue weighted by Crippen LogP contribution is -2.45. The first-order valence-electron chi connectivity index (χ1n) is 38.0. The third kappa shape index (κ3) is 73.9. The molecule has 0 aromatic heterocycles. The first-order chi connectivity index (χ1) is 44.5. The largest absolute Gasteiger partial charge is 0.756 e. The molecule has 0 spiro atoms. The zero-order chi connectivity index (χ0) is 66.2. The van der Waals surface area contributed by atoms with Gasteiger partial charge >= 0.3 is 0 Å². The standard InChI is InChI=1S/C82H145N2O6P/c1-6-8-10-12-14-16-18-20-22-24-26-28-30-32-34-36-37-38-39-40-41-42-43-44-45-46-47-48-50-52-54-56-58-60-62-64-66-68-70-72-74-76-82(86)83-80(79-90-91(87,88)89-78-77-84(3,4)5)81(85)75-73-71-69-67-65-63-61-59-57-55-53-51-49-35-33-31-29-27-25-23-21-19-17-15-13-11-9-7-2/h8,10,14,16,20,22,26,28,32,34,37-38,40-41,43-44,46-47,50,52,73,75,80-81,85H,6-7,9,11-13,15,17-19,21,23-25,27,29-31,33,35-36,39,42,45,48-49,51,53-72,74,76-79H2,1-5H3,(H-,83,86,87,88)/b10-8-,16-14-,22-20-,28-26-,34-32-,38-37-,41-40-,44-43-,47-46-,52-50-,75-73+. The van der Waals surface area contributed by atoms with Gasteiger partial charge in [-0.15, -0.1) is 0 Å². The van der Waals surface area contributed by atoms with Crippen molar-refractivity contribution in [2.24, 2.45) is 0 Å². The zero-order valence-electron chi connectivity index (χ0n) is 60.0. The van der Waals surface area contributed by atoms with Gasteiger partial charge in [0.15, 0.2) is 0 Å². The second-order valence-corrected chi connectivity index (χ2v) is 28.0. The molecule has 0 aliphatic heterocycles. The highest BCUT2D eigenvalue weighted by atomic mass is 31.2. The van der Waals surface area contributed by atoms with E-state index in [0.717, 1.165) is 109 Å². The molecule has 0 bridgehead atoms. The fourth-order valence-electron chi connectivity index (χ4n) is 10.8. The average Bonchev–Trinajstić information content (AvgIpc) is 3.59. The Morgan fingerprint density at radius 3 is 0.978 bits per heavy atom. The molecule has 0 radical (unpaired) electrons. The SMILES string of the molecule is CC/C=C\C/C=C\C/C=C\C/C=C\C/C=C\C/C=C\C/C=C\C/C=C\C/C=C\C/C=C\CCCCCCCCCCCCC(=O)NC(COP(=O)([O-])OCC[N+](C)(C)C)C(O)/C=C/CCCCCCCCCCCCCCCCCCCCCCCCCCCC. The van der Waals surface area contributed by atoms with Crippen molar-refractivity contribution in [3.8, 4) is 0 Å². The number of likely N-dealkylation sites (N-methyl/N-ethyl adjacent to an activating group) is 1. The molecule has 0 fully saturated rings. The first kappa shape index (κ1) is 87.6. The van der Waals surface area contributed by atoms with E-state index in [9.17, 15) is 19.4 Å². The summed E-state index contributed by atoms with van der Waals surface area (Å²) in [6, 6.07) is -0.900. The van der Waals surface area contributed by atoms with Crippen LogP contribution in [0, 0.1) is 0 Å². The Hall–Kier alpha value is -3.36. The minimum atomic E-state index is -4.62. The van der Waals surface area contributed by atoms with E-state index in [1.54, 1.807) is 6.08 Å². The highest BCUT2D eigenvalue weighted by molar-refractivity contribution is 7.45. The molecule has 1 amide bonds. The van der Waals surface area contributed by atoms with Crippen molar-refractivity contribution < 1.29 is 32.9 Å². The number of phosphoric acid groups is 1. The predicted octanol–water partition coefficient (Wildman–Crippen LogP) is 24.3. The van der Waals surface area contributed by atoms with Crippen molar-refractivity contribution in [1.29, 1.82) is 0 Å². The number of aliphatic hydroxyl groups is 1. The van der Waals surface area contributed by atoms with Crippen LogP contribution >= 0.6 is 7.82 Å². The van der Waals surface area contributed by atoms with Crippen LogP contribution in [-0.2, 0) is 18.4 Å². The number of nitrogens with one attached hydrogen (secondary N) is 1. The number of aliphatic hydroxyl groups excluding tert-OH is 1. The molecule has 3 unspecified atom stereocenters. The van der Waals surface area contributed by atoms with Gasteiger partial charge in [0, 0.05) is 6.42 Å². The molecule has 0 saturated carbocycles. The fourth-order valence-corrected chi connectivity index (χ4v) is 11.5. The Morgan fingerprint density at radius 2 is 0.670 bits per heavy atom. The number of nitrogens with zero attached hydrogens (tertiary/aromatic N) is 1. The maximum Gasteiger partial charge on any atom is 0.268 e. The molecule has 91 heavy (non-hydrogen) atoms. The van der Waals surface area contributed by atoms with Gasteiger partial charge in [0.05, 0.1) is 39.9 Å². The highest BCUT2D eigenvalue weighted by Crippen LogP contribution is 2.38. The van der Waals surface area contributed by atoms with Gasteiger partial charge in [-0.05, 0) is 96.3 Å². The number of hydrogen-bond donors (Lipinski definition) is 2. The van der Waals surface area contributed by atoms with Gasteiger partial charge in [0.25, 0.3) is 7.82 Å². The van der Waals surface area contributed by atoms with Crippen molar-refractivity contribution >= 4 is 13.7 Å². The first-order valence-corrected chi connectivity index (χ1v) is 39.5. The number of allylic oxidation sites excluding steroid dienone is 21. The second-order valence-electron chi connectivity index (χ2n) is 26.6. The molecule has 0 aromatic carbocycles. The van der Waals surface area contributed by atoms with Crippen molar-refractivity contribution in [2.75, 3.05) is 40.9 Å². The van der Waals surface area contributed by atoms with Crippen molar-refractivity contribution in [3.63, 3.8) is 0 Å². The number of phosphoric ester groups is 1. The number of carbonyl (C=O) groups is 1. The topological polar surface area (TPSA) is 108 Å². The molecule has 0 aliphatic carbocycles. The monoisotopic (exact) mass is 1290 g/mol. The lowest BCUT2D eigenvalue weighted by atomic mass is 10.0. The van der Waals surface area contributed by atoms with Crippen LogP contribution in [0.1, 0.15) is 328 Å². The van der Waals surface area contributed by atoms with E-state index in [-0.39, 0.29) is 19.1 Å². The molecule has 0 aliphatic rings. The number of hydrogen-bond acceptors (Lipinski definition) is 6. The van der Waals surface area contributed by atoms with E-state index >= 15 is 0 Å². The molecule has 0 saturated heterocycles. The Bertz CT molecular complexity index is 1950. The van der Waals surface area contributed by atoms with Crippen LogP contribution in [0.3, 0.4) is 0 Å². The van der Waals surface area contributed by atoms with Crippen LogP contribution in [0.4, 0.5) is 0 Å². The van der Waals surface area contributed by atoms with Gasteiger partial charge in [-0.3, -0.25) is 9.36 Å². The van der Waals surface area contributed by atoms with Gasteiger partial charge in [-0.25, -0.2) is 0 Å². The molecule has 9 heteroatoms. The van der Waals surface area contributed by atoms with E-state index in [1.165, 1.54) is 199 Å². The molecule has 0 aromatic rings. The summed E-state index contributed by atoms with van der Waals surface area (Å²) in [5.41, 5.74) is 0. The molecule has 8 nitrogen and oxygen atoms in total. The number of carbonyl (C=O) groups excluding carboxylic acids is 1. The smallest absolute Gasteiger partial charge is 0.268 e. The molecule has 0 heterocycles. The number of amides is 1. The summed E-state index contributed by atoms with van der Waals surface area (Å²) in [7, 11) is 1.25. The lowest BCUT2D eigenvalue weighted by molar-refractivity contribution is -0.870. The minimum Gasteiger partial charge on any atom is -0.756 e. The summed E-state index contributed by atoms with van der Waals surface area (Å²) < 4.78 is 23.5. The number of unbranched alkanes of at least 4 members (excludes halogenated alkanes) is 36. The normalized spacial score (nSPS) is 14.3. The summed E-state index contributed by atoms with van der Waals surface area (Å²) in [6.45, 7) is 4.56. The van der Waals surface area contributed by atoms with Crippen molar-refractivity contribution in [3.05, 3.63) is 134 Å². The second kappa shape index (κ2) is 70.9. The fraction of sp³-hybridized carbons (Fsp3) is 0.720. The minimum absolute atomic E-state index is 0.00681. The van der Waals surface area contributed by atoms with Crippen LogP contribution in [0.25, 0.3) is 0 Å². The van der Waals surface area contributed by atoms with E-state index in [1.807, 2.05) is 27.2 Å². The highest BCUT2D eigenvalue weighted by Gasteiger charge is 2.23. The van der Waals surface area contributed by atoms with Crippen molar-refractivity contribution in [1.82, 2.24) is 5.32 Å². The van der Waals surface area contributed by atoms with Crippen LogP contribution in [0.5, 0.6) is 0 Å². The van der Waals surface area contributed by atoms with Gasteiger partial charge in [0.1, 0.15) is 13.2 Å². The molecule has 0 rings (SSSR count). The van der Waals surface area contributed by atoms with Crippen LogP contribution in [-0.4, -0.2) is 68.5 Å². The predicted molar refractivity (Wildman–Crippen MR) is 398 cm³/mol. The molecule has 2 N–H and O–H groups in total. The van der Waals surface area contributed by atoms with E-state index in [2.05, 4.69) is 141 Å². The summed E-state index contributed by atoms with van der Waals surface area (Å²) >= 11 is 0. The van der Waals surface area contributed by atoms with Gasteiger partial charge in [0.2, 0.25) is 5.91 Å². The maximum atomic E-state index is 13.1. The Kier molecular flexibility index (Phi) is 68.3. The van der Waals surface area contributed by atoms with E-state index in [0.29, 0.717) is 17.4 Å². The Labute approximate surface area is 564 Å². The summed E-state index contributed by atoms with van der Waals surface area (Å²) in [5, 5.41) is 14.0. The summed E-state index contributed by atoms with van der Waals surface area (Å²) in [6.07, 6.45) is 107. The van der Waals surface area contributed by atoms with Gasteiger partial charge in [-0.1, -0.05) is 359 Å². The lowest BCUT2D eigenvalue weighted by Gasteiger charge is -2.29. The van der Waals surface area contributed by atoms with E-state index in [4.69, 9.17) is 9.05 Å². The Morgan fingerprint density at radius 1 is 0.396 bits per heavy atom. The van der Waals surface area contributed by atoms with Crippen LogP contribution in [0.15, 0.2) is 134 Å². The maximum absolute atomic E-state index is 13.1. The van der Waals surface area contributed by atoms with Gasteiger partial charge in [-0.2, -0.15) is 0 Å². The summed E-state index contributed by atoms with van der Waals surface area (Å²) in [4.78, 5) is 25.7. The molecular formula is C82H145N2O6P. The quantitative estimate of drug-likeness (QED) is 0.0272. The summed E-state index contributed by atoms with van der Waals surface area (Å²) in [5.74, 6) is -0.203. The molecule has 524 valence electrons. The number of rotatable bonds is 69. The zero-order valence-corrected chi connectivity index (χ0v) is 60.9. The average molecular weight is 1290 g/mol. The third-order valence-corrected chi connectivity index (χ3v) is 17.6.